The largest absolute Gasteiger partial charge is 0.346 e. The number of hydrogen-bond donors (Lipinski definition) is 2. The van der Waals surface area contributed by atoms with Crippen molar-refractivity contribution in [2.45, 2.75) is 31.3 Å². The molecule has 0 bridgehead atoms. The van der Waals surface area contributed by atoms with Crippen molar-refractivity contribution in [3.05, 3.63) is 28.2 Å². The molecule has 1 atom stereocenters. The molecule has 100 valence electrons. The standard InChI is InChI=1S/C12H14N4O3/c17-10-4-3-9(14-15-10)12(19)13-7-5-11(18)16(6-7)8-1-2-8/h3-4,7-8H,1-2,5-6H2,(H,13,19)(H,15,17). The van der Waals surface area contributed by atoms with Crippen LogP contribution in [-0.2, 0) is 4.79 Å². The van der Waals surface area contributed by atoms with Crippen LogP contribution in [0.2, 0.25) is 0 Å². The van der Waals surface area contributed by atoms with Crippen molar-refractivity contribution < 1.29 is 9.59 Å². The summed E-state index contributed by atoms with van der Waals surface area (Å²) in [5.41, 5.74) is -0.204. The van der Waals surface area contributed by atoms with Gasteiger partial charge in [-0.1, -0.05) is 0 Å². The number of aromatic amines is 1. The van der Waals surface area contributed by atoms with Gasteiger partial charge in [-0.25, -0.2) is 5.10 Å². The summed E-state index contributed by atoms with van der Waals surface area (Å²) in [7, 11) is 0. The summed E-state index contributed by atoms with van der Waals surface area (Å²) < 4.78 is 0. The molecule has 1 aliphatic heterocycles. The lowest BCUT2D eigenvalue weighted by molar-refractivity contribution is -0.128. The second-order valence-electron chi connectivity index (χ2n) is 4.96. The van der Waals surface area contributed by atoms with Crippen LogP contribution in [0.1, 0.15) is 29.8 Å². The third-order valence-corrected chi connectivity index (χ3v) is 3.39. The molecule has 2 N–H and O–H groups in total. The molecule has 1 unspecified atom stereocenters. The predicted octanol–water partition coefficient (Wildman–Crippen LogP) is -0.737. The third-order valence-electron chi connectivity index (χ3n) is 3.39. The number of H-pyrrole nitrogens is 1. The SMILES string of the molecule is O=C(NC1CC(=O)N(C2CC2)C1)c1ccc(=O)[nH]n1. The van der Waals surface area contributed by atoms with Gasteiger partial charge in [0, 0.05) is 25.1 Å². The van der Waals surface area contributed by atoms with E-state index >= 15 is 0 Å². The lowest BCUT2D eigenvalue weighted by atomic mass is 10.2. The molecular weight excluding hydrogens is 248 g/mol. The Morgan fingerprint density at radius 2 is 2.16 bits per heavy atom. The number of hydrogen-bond acceptors (Lipinski definition) is 4. The molecular formula is C12H14N4O3. The number of amides is 2. The number of aromatic nitrogens is 2. The first kappa shape index (κ1) is 11.9. The Morgan fingerprint density at radius 1 is 1.37 bits per heavy atom. The Balaban J connectivity index is 1.62. The van der Waals surface area contributed by atoms with Crippen LogP contribution in [0.3, 0.4) is 0 Å². The highest BCUT2D eigenvalue weighted by Crippen LogP contribution is 2.30. The van der Waals surface area contributed by atoms with Crippen molar-refractivity contribution in [1.29, 1.82) is 0 Å². The zero-order valence-electron chi connectivity index (χ0n) is 10.3. The summed E-state index contributed by atoms with van der Waals surface area (Å²) in [4.78, 5) is 36.3. The predicted molar refractivity (Wildman–Crippen MR) is 65.5 cm³/mol. The van der Waals surface area contributed by atoms with Gasteiger partial charge in [-0.2, -0.15) is 5.10 Å². The Kier molecular flexibility index (Phi) is 2.81. The molecule has 7 heteroatoms. The summed E-state index contributed by atoms with van der Waals surface area (Å²) in [6.07, 6.45) is 2.47. The van der Waals surface area contributed by atoms with Crippen LogP contribution in [0.4, 0.5) is 0 Å². The molecule has 1 aromatic rings. The Bertz CT molecular complexity index is 558. The van der Waals surface area contributed by atoms with E-state index in [1.54, 1.807) is 0 Å². The van der Waals surface area contributed by atoms with E-state index in [4.69, 9.17) is 0 Å². The molecule has 3 rings (SSSR count). The van der Waals surface area contributed by atoms with E-state index in [-0.39, 0.29) is 29.1 Å². The normalized spacial score (nSPS) is 22.6. The monoisotopic (exact) mass is 262 g/mol. The van der Waals surface area contributed by atoms with Crippen LogP contribution in [0, 0.1) is 0 Å². The summed E-state index contributed by atoms with van der Waals surface area (Å²) >= 11 is 0. The van der Waals surface area contributed by atoms with Crippen molar-refractivity contribution in [3.8, 4) is 0 Å². The first-order chi connectivity index (χ1) is 9.13. The molecule has 2 fully saturated rings. The molecule has 1 aromatic heterocycles. The Labute approximate surface area is 109 Å². The van der Waals surface area contributed by atoms with Gasteiger partial charge in [0.25, 0.3) is 11.5 Å². The van der Waals surface area contributed by atoms with Crippen LogP contribution in [0.5, 0.6) is 0 Å². The van der Waals surface area contributed by atoms with Crippen molar-refractivity contribution in [2.24, 2.45) is 0 Å². The minimum absolute atomic E-state index is 0.0993. The van der Waals surface area contributed by atoms with Crippen molar-refractivity contribution in [2.75, 3.05) is 6.54 Å². The number of nitrogens with one attached hydrogen (secondary N) is 2. The molecule has 2 amide bonds. The van der Waals surface area contributed by atoms with Gasteiger partial charge in [0.2, 0.25) is 5.91 Å². The Hall–Kier alpha value is -2.18. The number of nitrogens with zero attached hydrogens (tertiary/aromatic N) is 2. The highest BCUT2D eigenvalue weighted by atomic mass is 16.2. The molecule has 0 radical (unpaired) electrons. The maximum atomic E-state index is 11.9. The van der Waals surface area contributed by atoms with Gasteiger partial charge >= 0.3 is 0 Å². The summed E-state index contributed by atoms with van der Waals surface area (Å²) in [6, 6.07) is 2.82. The fraction of sp³-hybridized carbons (Fsp3) is 0.500. The van der Waals surface area contributed by atoms with Gasteiger partial charge < -0.3 is 10.2 Å². The van der Waals surface area contributed by atoms with E-state index in [1.807, 2.05) is 4.90 Å². The number of carbonyl (C=O) groups excluding carboxylic acids is 2. The molecule has 1 saturated heterocycles. The third kappa shape index (κ3) is 2.49. The van der Waals surface area contributed by atoms with Gasteiger partial charge in [-0.15, -0.1) is 0 Å². The molecule has 2 heterocycles. The summed E-state index contributed by atoms with van der Waals surface area (Å²) in [5.74, 6) is -0.270. The summed E-state index contributed by atoms with van der Waals surface area (Å²) in [6.45, 7) is 0.568. The zero-order chi connectivity index (χ0) is 13.4. The lowest BCUT2D eigenvalue weighted by Gasteiger charge is -2.15. The van der Waals surface area contributed by atoms with Gasteiger partial charge in [0.1, 0.15) is 5.69 Å². The van der Waals surface area contributed by atoms with Gasteiger partial charge in [0.15, 0.2) is 0 Å². The van der Waals surface area contributed by atoms with E-state index in [0.29, 0.717) is 19.0 Å². The van der Waals surface area contributed by atoms with Crippen molar-refractivity contribution in [1.82, 2.24) is 20.4 Å². The fourth-order valence-electron chi connectivity index (χ4n) is 2.30. The van der Waals surface area contributed by atoms with Crippen LogP contribution >= 0.6 is 0 Å². The van der Waals surface area contributed by atoms with E-state index in [1.165, 1.54) is 12.1 Å². The average molecular weight is 262 g/mol. The van der Waals surface area contributed by atoms with Crippen LogP contribution in [-0.4, -0.2) is 45.5 Å². The minimum atomic E-state index is -0.369. The topological polar surface area (TPSA) is 95.2 Å². The Morgan fingerprint density at radius 3 is 2.79 bits per heavy atom. The fourth-order valence-corrected chi connectivity index (χ4v) is 2.30. The van der Waals surface area contributed by atoms with Crippen LogP contribution < -0.4 is 10.9 Å². The van der Waals surface area contributed by atoms with Crippen molar-refractivity contribution in [3.63, 3.8) is 0 Å². The maximum Gasteiger partial charge on any atom is 0.272 e. The lowest BCUT2D eigenvalue weighted by Crippen LogP contribution is -2.38. The van der Waals surface area contributed by atoms with E-state index in [9.17, 15) is 14.4 Å². The molecule has 0 aromatic carbocycles. The molecule has 19 heavy (non-hydrogen) atoms. The van der Waals surface area contributed by atoms with Crippen LogP contribution in [0.25, 0.3) is 0 Å². The van der Waals surface area contributed by atoms with Gasteiger partial charge in [0.05, 0.1) is 6.04 Å². The minimum Gasteiger partial charge on any atom is -0.346 e. The van der Waals surface area contributed by atoms with Gasteiger partial charge in [-0.3, -0.25) is 14.4 Å². The maximum absolute atomic E-state index is 11.9. The smallest absolute Gasteiger partial charge is 0.272 e. The van der Waals surface area contributed by atoms with E-state index < -0.39 is 0 Å². The quantitative estimate of drug-likeness (QED) is 0.750. The second-order valence-corrected chi connectivity index (χ2v) is 4.96. The first-order valence-corrected chi connectivity index (χ1v) is 6.29. The number of rotatable bonds is 3. The molecule has 1 aliphatic carbocycles. The zero-order valence-corrected chi connectivity index (χ0v) is 10.3. The van der Waals surface area contributed by atoms with Crippen LogP contribution in [0.15, 0.2) is 16.9 Å². The first-order valence-electron chi connectivity index (χ1n) is 6.29. The summed E-state index contributed by atoms with van der Waals surface area (Å²) in [5, 5.41) is 8.64. The van der Waals surface area contributed by atoms with E-state index in [2.05, 4.69) is 15.5 Å². The second kappa shape index (κ2) is 4.49. The van der Waals surface area contributed by atoms with E-state index in [0.717, 1.165) is 12.8 Å². The molecule has 1 saturated carbocycles. The highest BCUT2D eigenvalue weighted by Gasteiger charge is 2.39. The average Bonchev–Trinajstić information content (AvgIpc) is 3.15. The van der Waals surface area contributed by atoms with Crippen molar-refractivity contribution >= 4 is 11.8 Å². The molecule has 0 spiro atoms. The number of likely N-dealkylation sites (tertiary alicyclic amines) is 1. The number of carbonyl (C=O) groups is 2. The molecule has 2 aliphatic rings. The highest BCUT2D eigenvalue weighted by molar-refractivity contribution is 5.93. The molecule has 7 nitrogen and oxygen atoms in total. The van der Waals surface area contributed by atoms with Gasteiger partial charge in [-0.05, 0) is 18.9 Å².